The summed E-state index contributed by atoms with van der Waals surface area (Å²) >= 11 is 1.68. The highest BCUT2D eigenvalue weighted by Gasteiger charge is 2.07. The molecule has 0 radical (unpaired) electrons. The standard InChI is InChI=1S/C16H16O3S/c1-18-16(17)11-19-14-9-5-6-10-15(14)20-12-13-7-3-2-4-8-13/h2-10H,11-12H2,1H3. The monoisotopic (exact) mass is 288 g/mol. The van der Waals surface area contributed by atoms with Gasteiger partial charge >= 0.3 is 5.97 Å². The van der Waals surface area contributed by atoms with Gasteiger partial charge in [0.1, 0.15) is 5.75 Å². The van der Waals surface area contributed by atoms with Crippen molar-refractivity contribution in [2.45, 2.75) is 10.6 Å². The van der Waals surface area contributed by atoms with Gasteiger partial charge in [-0.1, -0.05) is 42.5 Å². The molecule has 0 aliphatic carbocycles. The second kappa shape index (κ2) is 7.60. The van der Waals surface area contributed by atoms with Gasteiger partial charge in [0.25, 0.3) is 0 Å². The van der Waals surface area contributed by atoms with Crippen molar-refractivity contribution in [2.75, 3.05) is 13.7 Å². The number of carbonyl (C=O) groups is 1. The van der Waals surface area contributed by atoms with Crippen LogP contribution in [0.3, 0.4) is 0 Å². The zero-order valence-corrected chi connectivity index (χ0v) is 12.1. The lowest BCUT2D eigenvalue weighted by atomic mass is 10.2. The number of ether oxygens (including phenoxy) is 2. The molecule has 2 aromatic rings. The van der Waals surface area contributed by atoms with Crippen LogP contribution in [0, 0.1) is 0 Å². The summed E-state index contributed by atoms with van der Waals surface area (Å²) in [5.41, 5.74) is 1.25. The number of rotatable bonds is 6. The van der Waals surface area contributed by atoms with Crippen LogP contribution in [0.5, 0.6) is 5.75 Å². The third-order valence-corrected chi connectivity index (χ3v) is 3.79. The Labute approximate surface area is 122 Å². The van der Waals surface area contributed by atoms with Crippen LogP contribution >= 0.6 is 11.8 Å². The van der Waals surface area contributed by atoms with Gasteiger partial charge in [-0.15, -0.1) is 11.8 Å². The van der Waals surface area contributed by atoms with E-state index in [1.165, 1.54) is 12.7 Å². The summed E-state index contributed by atoms with van der Waals surface area (Å²) in [5.74, 6) is 1.19. The quantitative estimate of drug-likeness (QED) is 0.602. The van der Waals surface area contributed by atoms with E-state index >= 15 is 0 Å². The maximum atomic E-state index is 11.1. The molecule has 0 aliphatic rings. The summed E-state index contributed by atoms with van der Waals surface area (Å²) in [6.45, 7) is -0.0700. The number of para-hydroxylation sites is 1. The highest BCUT2D eigenvalue weighted by Crippen LogP contribution is 2.31. The van der Waals surface area contributed by atoms with Gasteiger partial charge < -0.3 is 9.47 Å². The second-order valence-corrected chi connectivity index (χ2v) is 5.10. The topological polar surface area (TPSA) is 35.5 Å². The maximum absolute atomic E-state index is 11.1. The number of hydrogen-bond donors (Lipinski definition) is 0. The van der Waals surface area contributed by atoms with Crippen molar-refractivity contribution in [3.63, 3.8) is 0 Å². The number of methoxy groups -OCH3 is 1. The summed E-state index contributed by atoms with van der Waals surface area (Å²) in [4.78, 5) is 12.1. The van der Waals surface area contributed by atoms with E-state index in [2.05, 4.69) is 16.9 Å². The zero-order valence-electron chi connectivity index (χ0n) is 11.2. The number of benzene rings is 2. The van der Waals surface area contributed by atoms with Crippen LogP contribution in [0.25, 0.3) is 0 Å². The minimum atomic E-state index is -0.382. The summed E-state index contributed by atoms with van der Waals surface area (Å²) in [7, 11) is 1.35. The van der Waals surface area contributed by atoms with Gasteiger partial charge in [0, 0.05) is 10.6 Å². The van der Waals surface area contributed by atoms with Crippen molar-refractivity contribution in [3.05, 3.63) is 60.2 Å². The molecule has 3 nitrogen and oxygen atoms in total. The summed E-state index contributed by atoms with van der Waals surface area (Å²) in [6, 6.07) is 17.9. The Hall–Kier alpha value is -1.94. The molecule has 2 rings (SSSR count). The fraction of sp³-hybridized carbons (Fsp3) is 0.188. The van der Waals surface area contributed by atoms with Crippen molar-refractivity contribution < 1.29 is 14.3 Å². The molecule has 0 saturated heterocycles. The normalized spacial score (nSPS) is 10.1. The number of hydrogen-bond acceptors (Lipinski definition) is 4. The van der Waals surface area contributed by atoms with Gasteiger partial charge in [-0.3, -0.25) is 0 Å². The highest BCUT2D eigenvalue weighted by molar-refractivity contribution is 7.98. The van der Waals surface area contributed by atoms with E-state index in [1.54, 1.807) is 11.8 Å². The van der Waals surface area contributed by atoms with Crippen molar-refractivity contribution in [3.8, 4) is 5.75 Å². The smallest absolute Gasteiger partial charge is 0.343 e. The number of thioether (sulfide) groups is 1. The van der Waals surface area contributed by atoms with Gasteiger partial charge in [0.2, 0.25) is 0 Å². The molecule has 0 unspecified atom stereocenters. The Kier molecular flexibility index (Phi) is 5.50. The first-order valence-corrected chi connectivity index (χ1v) is 7.23. The molecule has 0 bridgehead atoms. The zero-order chi connectivity index (χ0) is 14.2. The SMILES string of the molecule is COC(=O)COc1ccccc1SCc1ccccc1. The van der Waals surface area contributed by atoms with Crippen LogP contribution in [-0.2, 0) is 15.3 Å². The molecule has 2 aromatic carbocycles. The average molecular weight is 288 g/mol. The van der Waals surface area contributed by atoms with Crippen LogP contribution in [0.2, 0.25) is 0 Å². The van der Waals surface area contributed by atoms with Gasteiger partial charge in [0.15, 0.2) is 6.61 Å². The molecule has 0 saturated carbocycles. The Morgan fingerprint density at radius 3 is 2.50 bits per heavy atom. The average Bonchev–Trinajstić information content (AvgIpc) is 2.52. The van der Waals surface area contributed by atoms with Crippen molar-refractivity contribution >= 4 is 17.7 Å². The van der Waals surface area contributed by atoms with Gasteiger partial charge in [-0.2, -0.15) is 0 Å². The third-order valence-electron chi connectivity index (χ3n) is 2.66. The van der Waals surface area contributed by atoms with Crippen molar-refractivity contribution in [1.82, 2.24) is 0 Å². The largest absolute Gasteiger partial charge is 0.481 e. The summed E-state index contributed by atoms with van der Waals surface area (Å²) in [6.07, 6.45) is 0. The maximum Gasteiger partial charge on any atom is 0.343 e. The molecule has 20 heavy (non-hydrogen) atoms. The van der Waals surface area contributed by atoms with Crippen LogP contribution < -0.4 is 4.74 Å². The van der Waals surface area contributed by atoms with E-state index in [4.69, 9.17) is 4.74 Å². The van der Waals surface area contributed by atoms with Crippen LogP contribution in [-0.4, -0.2) is 19.7 Å². The molecular weight excluding hydrogens is 272 g/mol. The van der Waals surface area contributed by atoms with Gasteiger partial charge in [0.05, 0.1) is 7.11 Å². The molecule has 4 heteroatoms. The fourth-order valence-electron chi connectivity index (χ4n) is 1.62. The molecule has 0 aromatic heterocycles. The van der Waals surface area contributed by atoms with Crippen LogP contribution in [0.15, 0.2) is 59.5 Å². The van der Waals surface area contributed by atoms with E-state index in [1.807, 2.05) is 42.5 Å². The van der Waals surface area contributed by atoms with Crippen LogP contribution in [0.4, 0.5) is 0 Å². The lowest BCUT2D eigenvalue weighted by Crippen LogP contribution is -2.12. The first kappa shape index (κ1) is 14.5. The molecule has 104 valence electrons. The van der Waals surface area contributed by atoms with Gasteiger partial charge in [-0.25, -0.2) is 4.79 Å². The molecule has 0 aliphatic heterocycles. The molecule has 0 fully saturated rings. The number of esters is 1. The van der Waals surface area contributed by atoms with Crippen molar-refractivity contribution in [1.29, 1.82) is 0 Å². The summed E-state index contributed by atoms with van der Waals surface area (Å²) < 4.78 is 10.1. The summed E-state index contributed by atoms with van der Waals surface area (Å²) in [5, 5.41) is 0. The molecule has 0 atom stereocenters. The Bertz CT molecular complexity index is 555. The molecule has 0 spiro atoms. The molecule has 0 N–H and O–H groups in total. The molecule has 0 amide bonds. The Balaban J connectivity index is 1.98. The second-order valence-electron chi connectivity index (χ2n) is 4.09. The molecular formula is C16H16O3S. The molecule has 0 heterocycles. The van der Waals surface area contributed by atoms with E-state index in [-0.39, 0.29) is 12.6 Å². The van der Waals surface area contributed by atoms with E-state index in [9.17, 15) is 4.79 Å². The first-order chi connectivity index (χ1) is 9.79. The lowest BCUT2D eigenvalue weighted by molar-refractivity contribution is -0.142. The first-order valence-electron chi connectivity index (χ1n) is 6.25. The Morgan fingerprint density at radius 1 is 1.05 bits per heavy atom. The van der Waals surface area contributed by atoms with Crippen molar-refractivity contribution in [2.24, 2.45) is 0 Å². The Morgan fingerprint density at radius 2 is 1.75 bits per heavy atom. The third kappa shape index (κ3) is 4.31. The predicted molar refractivity (Wildman–Crippen MR) is 80.0 cm³/mol. The fourth-order valence-corrected chi connectivity index (χ4v) is 2.58. The predicted octanol–water partition coefficient (Wildman–Crippen LogP) is 3.53. The minimum absolute atomic E-state index is 0.0700. The number of carbonyl (C=O) groups excluding carboxylic acids is 1. The minimum Gasteiger partial charge on any atom is -0.481 e. The highest BCUT2D eigenvalue weighted by atomic mass is 32.2. The van der Waals surface area contributed by atoms with E-state index < -0.39 is 0 Å². The van der Waals surface area contributed by atoms with E-state index in [0.717, 1.165) is 10.6 Å². The van der Waals surface area contributed by atoms with Crippen LogP contribution in [0.1, 0.15) is 5.56 Å². The van der Waals surface area contributed by atoms with Gasteiger partial charge in [-0.05, 0) is 17.7 Å². The van der Waals surface area contributed by atoms with E-state index in [0.29, 0.717) is 5.75 Å². The lowest BCUT2D eigenvalue weighted by Gasteiger charge is -2.10.